The summed E-state index contributed by atoms with van der Waals surface area (Å²) in [6.07, 6.45) is 2.15. The van der Waals surface area contributed by atoms with E-state index in [2.05, 4.69) is 12.1 Å². The highest BCUT2D eigenvalue weighted by atomic mass is 16.5. The molecule has 2 unspecified atom stereocenters. The van der Waals surface area contributed by atoms with E-state index in [9.17, 15) is 9.59 Å². The van der Waals surface area contributed by atoms with Gasteiger partial charge in [-0.2, -0.15) is 0 Å². The smallest absolute Gasteiger partial charge is 0.308 e. The number of carbonyl (C=O) groups is 2. The molecule has 0 radical (unpaired) electrons. The molecule has 1 aromatic carbocycles. The van der Waals surface area contributed by atoms with Gasteiger partial charge in [0.1, 0.15) is 0 Å². The van der Waals surface area contributed by atoms with E-state index < -0.39 is 0 Å². The first-order chi connectivity index (χ1) is 10.1. The van der Waals surface area contributed by atoms with E-state index in [1.807, 2.05) is 30.0 Å². The topological polar surface area (TPSA) is 46.6 Å². The van der Waals surface area contributed by atoms with Crippen molar-refractivity contribution in [3.63, 3.8) is 0 Å². The van der Waals surface area contributed by atoms with E-state index in [-0.39, 0.29) is 23.7 Å². The van der Waals surface area contributed by atoms with Crippen molar-refractivity contribution >= 4 is 11.9 Å². The minimum Gasteiger partial charge on any atom is -0.469 e. The van der Waals surface area contributed by atoms with Crippen molar-refractivity contribution in [2.75, 3.05) is 20.2 Å². The molecule has 2 atom stereocenters. The third-order valence-corrected chi connectivity index (χ3v) is 4.10. The molecule has 1 heterocycles. The monoisotopic (exact) mass is 289 g/mol. The van der Waals surface area contributed by atoms with E-state index >= 15 is 0 Å². The minimum atomic E-state index is -0.190. The van der Waals surface area contributed by atoms with E-state index in [0.29, 0.717) is 6.42 Å². The van der Waals surface area contributed by atoms with Gasteiger partial charge in [0.2, 0.25) is 5.91 Å². The summed E-state index contributed by atoms with van der Waals surface area (Å²) in [6.45, 7) is 3.38. The zero-order valence-corrected chi connectivity index (χ0v) is 12.7. The van der Waals surface area contributed by atoms with Crippen molar-refractivity contribution in [2.24, 2.45) is 11.8 Å². The average Bonchev–Trinajstić information content (AvgIpc) is 2.85. The Labute approximate surface area is 126 Å². The molecule has 114 valence electrons. The second-order valence-corrected chi connectivity index (χ2v) is 5.81. The molecule has 4 heteroatoms. The fourth-order valence-corrected chi connectivity index (χ4v) is 2.93. The molecule has 0 aliphatic carbocycles. The number of nitrogens with zero attached hydrogens (tertiary/aromatic N) is 1. The molecule has 1 amide bonds. The van der Waals surface area contributed by atoms with Crippen LogP contribution in [0.4, 0.5) is 0 Å². The fraction of sp³-hybridized carbons (Fsp3) is 0.529. The van der Waals surface area contributed by atoms with Crippen LogP contribution in [0.2, 0.25) is 0 Å². The van der Waals surface area contributed by atoms with Crippen molar-refractivity contribution in [3.8, 4) is 0 Å². The number of ether oxygens (including phenoxy) is 1. The highest BCUT2D eigenvalue weighted by Gasteiger charge is 2.31. The van der Waals surface area contributed by atoms with E-state index in [1.54, 1.807) is 0 Å². The van der Waals surface area contributed by atoms with Gasteiger partial charge in [0.25, 0.3) is 0 Å². The molecule has 0 spiro atoms. The van der Waals surface area contributed by atoms with Gasteiger partial charge in [0, 0.05) is 19.5 Å². The summed E-state index contributed by atoms with van der Waals surface area (Å²) in [6, 6.07) is 10.2. The standard InChI is InChI=1S/C17H23NO3/c1-13(17(20)21-2)10-15-11-16(19)18(12-15)9-8-14-6-4-3-5-7-14/h3-7,13,15H,8-12H2,1-2H3. The number of hydrogen-bond acceptors (Lipinski definition) is 3. The van der Waals surface area contributed by atoms with Gasteiger partial charge in [-0.15, -0.1) is 0 Å². The SMILES string of the molecule is COC(=O)C(C)CC1CC(=O)N(CCc2ccccc2)C1. The molecule has 1 aliphatic heterocycles. The van der Waals surface area contributed by atoms with Crippen molar-refractivity contribution < 1.29 is 14.3 Å². The van der Waals surface area contributed by atoms with Gasteiger partial charge in [0.15, 0.2) is 0 Å². The Bertz CT molecular complexity index is 486. The Morgan fingerprint density at radius 3 is 2.76 bits per heavy atom. The summed E-state index contributed by atoms with van der Waals surface area (Å²) in [5.41, 5.74) is 1.25. The van der Waals surface area contributed by atoms with E-state index in [0.717, 1.165) is 25.9 Å². The summed E-state index contributed by atoms with van der Waals surface area (Å²) in [7, 11) is 1.41. The van der Waals surface area contributed by atoms with Crippen LogP contribution < -0.4 is 0 Å². The lowest BCUT2D eigenvalue weighted by Gasteiger charge is -2.17. The van der Waals surface area contributed by atoms with E-state index in [4.69, 9.17) is 4.74 Å². The minimum absolute atomic E-state index is 0.137. The molecule has 0 saturated carbocycles. The van der Waals surface area contributed by atoms with Gasteiger partial charge in [-0.25, -0.2) is 0 Å². The number of rotatable bonds is 6. The summed E-state index contributed by atoms with van der Waals surface area (Å²) in [4.78, 5) is 25.4. The fourth-order valence-electron chi connectivity index (χ4n) is 2.93. The quantitative estimate of drug-likeness (QED) is 0.755. The maximum atomic E-state index is 12.0. The predicted octanol–water partition coefficient (Wildman–Crippen LogP) is 2.28. The van der Waals surface area contributed by atoms with Crippen LogP contribution in [0.1, 0.15) is 25.3 Å². The number of likely N-dealkylation sites (tertiary alicyclic amines) is 1. The maximum absolute atomic E-state index is 12.0. The first-order valence-electron chi connectivity index (χ1n) is 7.49. The van der Waals surface area contributed by atoms with Crippen LogP contribution in [-0.2, 0) is 20.7 Å². The van der Waals surface area contributed by atoms with Crippen molar-refractivity contribution in [1.29, 1.82) is 0 Å². The molecule has 1 saturated heterocycles. The molecule has 0 bridgehead atoms. The Kier molecular flexibility index (Phi) is 5.37. The van der Waals surface area contributed by atoms with Crippen LogP contribution in [0.15, 0.2) is 30.3 Å². The first kappa shape index (κ1) is 15.5. The maximum Gasteiger partial charge on any atom is 0.308 e. The number of carbonyl (C=O) groups excluding carboxylic acids is 2. The zero-order chi connectivity index (χ0) is 15.2. The third kappa shape index (κ3) is 4.31. The molecule has 21 heavy (non-hydrogen) atoms. The van der Waals surface area contributed by atoms with Crippen LogP contribution in [0, 0.1) is 11.8 Å². The highest BCUT2D eigenvalue weighted by Crippen LogP contribution is 2.25. The molecule has 0 N–H and O–H groups in total. The lowest BCUT2D eigenvalue weighted by Crippen LogP contribution is -2.28. The molecular formula is C17H23NO3. The van der Waals surface area contributed by atoms with Crippen LogP contribution in [0.25, 0.3) is 0 Å². The normalized spacial score (nSPS) is 19.6. The van der Waals surface area contributed by atoms with Crippen LogP contribution in [0.3, 0.4) is 0 Å². The molecule has 0 aromatic heterocycles. The second-order valence-electron chi connectivity index (χ2n) is 5.81. The summed E-state index contributed by atoms with van der Waals surface area (Å²) in [5, 5.41) is 0. The largest absolute Gasteiger partial charge is 0.469 e. The van der Waals surface area contributed by atoms with Crippen LogP contribution in [0.5, 0.6) is 0 Å². The Balaban J connectivity index is 1.81. The lowest BCUT2D eigenvalue weighted by molar-refractivity contribution is -0.145. The third-order valence-electron chi connectivity index (χ3n) is 4.10. The number of hydrogen-bond donors (Lipinski definition) is 0. The Hall–Kier alpha value is -1.84. The summed E-state index contributed by atoms with van der Waals surface area (Å²) >= 11 is 0. The summed E-state index contributed by atoms with van der Waals surface area (Å²) < 4.78 is 4.74. The van der Waals surface area contributed by atoms with E-state index in [1.165, 1.54) is 12.7 Å². The summed E-state index contributed by atoms with van der Waals surface area (Å²) in [5.74, 6) is 0.141. The van der Waals surface area contributed by atoms with Crippen LogP contribution in [-0.4, -0.2) is 37.0 Å². The molecule has 1 aliphatic rings. The number of benzene rings is 1. The molecule has 1 aromatic rings. The molecule has 1 fully saturated rings. The number of esters is 1. The molecule has 2 rings (SSSR count). The van der Waals surface area contributed by atoms with Gasteiger partial charge < -0.3 is 9.64 Å². The average molecular weight is 289 g/mol. The highest BCUT2D eigenvalue weighted by molar-refractivity contribution is 5.79. The number of amides is 1. The number of methoxy groups -OCH3 is 1. The predicted molar refractivity (Wildman–Crippen MR) is 80.6 cm³/mol. The van der Waals surface area contributed by atoms with Crippen molar-refractivity contribution in [1.82, 2.24) is 4.90 Å². The van der Waals surface area contributed by atoms with Gasteiger partial charge >= 0.3 is 5.97 Å². The van der Waals surface area contributed by atoms with Crippen LogP contribution >= 0.6 is 0 Å². The zero-order valence-electron chi connectivity index (χ0n) is 12.7. The van der Waals surface area contributed by atoms with Gasteiger partial charge in [0.05, 0.1) is 13.0 Å². The van der Waals surface area contributed by atoms with Crippen molar-refractivity contribution in [3.05, 3.63) is 35.9 Å². The second kappa shape index (κ2) is 7.25. The first-order valence-corrected chi connectivity index (χ1v) is 7.49. The van der Waals surface area contributed by atoms with Gasteiger partial charge in [-0.1, -0.05) is 37.3 Å². The molecular weight excluding hydrogens is 266 g/mol. The van der Waals surface area contributed by atoms with Crippen molar-refractivity contribution in [2.45, 2.75) is 26.2 Å². The van der Waals surface area contributed by atoms with Gasteiger partial charge in [-0.3, -0.25) is 9.59 Å². The Morgan fingerprint density at radius 1 is 1.38 bits per heavy atom. The Morgan fingerprint density at radius 2 is 2.10 bits per heavy atom. The lowest BCUT2D eigenvalue weighted by atomic mass is 9.95. The molecule has 4 nitrogen and oxygen atoms in total. The van der Waals surface area contributed by atoms with Gasteiger partial charge in [-0.05, 0) is 24.3 Å².